The molecule has 168 valence electrons. The first-order chi connectivity index (χ1) is 15.5. The lowest BCUT2D eigenvalue weighted by Gasteiger charge is -2.29. The van der Waals surface area contributed by atoms with Crippen molar-refractivity contribution in [1.82, 2.24) is 4.90 Å². The van der Waals surface area contributed by atoms with Crippen LogP contribution in [-0.2, 0) is 14.3 Å². The third-order valence-electron chi connectivity index (χ3n) is 5.95. The molecule has 32 heavy (non-hydrogen) atoms. The third kappa shape index (κ3) is 4.91. The van der Waals surface area contributed by atoms with Crippen molar-refractivity contribution in [2.75, 3.05) is 39.4 Å². The standard InChI is InChI=1S/C24H24BrClN2O4/c25-18-6-2-17(3-7-18)22(29)20-21(16-4-8-19(26)9-5-16)28(24(31)23(20)30)11-1-10-27-12-14-32-15-13-27/h2-9,21,29H,1,10-15H2/b22-20+. The predicted octanol–water partition coefficient (Wildman–Crippen LogP) is 1.63. The highest BCUT2D eigenvalue weighted by Crippen LogP contribution is 2.39. The fourth-order valence-electron chi connectivity index (χ4n) is 4.26. The number of amides is 1. The van der Waals surface area contributed by atoms with Crippen LogP contribution in [0.5, 0.6) is 0 Å². The van der Waals surface area contributed by atoms with Gasteiger partial charge in [0.25, 0.3) is 5.91 Å². The Labute approximate surface area is 200 Å². The van der Waals surface area contributed by atoms with Gasteiger partial charge >= 0.3 is 0 Å². The summed E-state index contributed by atoms with van der Waals surface area (Å²) in [7, 11) is 0. The molecule has 4 rings (SSSR count). The van der Waals surface area contributed by atoms with Crippen molar-refractivity contribution in [2.24, 2.45) is 0 Å². The second-order valence-corrected chi connectivity index (χ2v) is 9.35. The Hall–Kier alpha value is -2.19. The largest absolute Gasteiger partial charge is 0.872 e. The number of ketones is 1. The highest BCUT2D eigenvalue weighted by molar-refractivity contribution is 9.10. The van der Waals surface area contributed by atoms with E-state index in [1.165, 1.54) is 9.80 Å². The van der Waals surface area contributed by atoms with E-state index in [0.717, 1.165) is 43.7 Å². The summed E-state index contributed by atoms with van der Waals surface area (Å²) in [6.07, 6.45) is 0.734. The molecule has 1 atom stereocenters. The summed E-state index contributed by atoms with van der Waals surface area (Å²) >= 11 is 9.41. The number of carbonyl (C=O) groups is 2. The SMILES string of the molecule is O=C1C(=O)N(CCC[NH+]2CCOCC2)C(c2ccc(Cl)cc2)/C1=C(\[O-])c1ccc(Br)cc1. The quantitative estimate of drug-likeness (QED) is 0.358. The van der Waals surface area contributed by atoms with Gasteiger partial charge in [0.05, 0.1) is 25.8 Å². The van der Waals surface area contributed by atoms with Crippen molar-refractivity contribution >= 4 is 45.0 Å². The predicted molar refractivity (Wildman–Crippen MR) is 123 cm³/mol. The Kier molecular flexibility index (Phi) is 7.30. The van der Waals surface area contributed by atoms with E-state index >= 15 is 0 Å². The highest BCUT2D eigenvalue weighted by Gasteiger charge is 2.44. The van der Waals surface area contributed by atoms with E-state index in [9.17, 15) is 14.7 Å². The lowest BCUT2D eigenvalue weighted by atomic mass is 9.95. The smallest absolute Gasteiger partial charge is 0.295 e. The van der Waals surface area contributed by atoms with Gasteiger partial charge in [-0.25, -0.2) is 0 Å². The van der Waals surface area contributed by atoms with Crippen LogP contribution in [0.25, 0.3) is 5.76 Å². The number of hydrogen-bond acceptors (Lipinski definition) is 4. The molecule has 0 saturated carbocycles. The highest BCUT2D eigenvalue weighted by atomic mass is 79.9. The van der Waals surface area contributed by atoms with Crippen LogP contribution < -0.4 is 10.0 Å². The molecule has 2 saturated heterocycles. The molecule has 2 aliphatic heterocycles. The molecule has 1 N–H and O–H groups in total. The van der Waals surface area contributed by atoms with Gasteiger partial charge in [-0.2, -0.15) is 0 Å². The lowest BCUT2D eigenvalue weighted by Crippen LogP contribution is -3.14. The molecule has 2 aliphatic rings. The summed E-state index contributed by atoms with van der Waals surface area (Å²) in [5.74, 6) is -1.77. The minimum Gasteiger partial charge on any atom is -0.872 e. The molecular weight excluding hydrogens is 496 g/mol. The Morgan fingerprint density at radius 3 is 2.41 bits per heavy atom. The zero-order valence-corrected chi connectivity index (χ0v) is 19.8. The van der Waals surface area contributed by atoms with Crippen molar-refractivity contribution in [3.8, 4) is 0 Å². The molecule has 2 fully saturated rings. The number of likely N-dealkylation sites (tertiary alicyclic amines) is 1. The summed E-state index contributed by atoms with van der Waals surface area (Å²) in [4.78, 5) is 29.0. The van der Waals surface area contributed by atoms with E-state index in [0.29, 0.717) is 22.7 Å². The first kappa shape index (κ1) is 23.0. The monoisotopic (exact) mass is 518 g/mol. The van der Waals surface area contributed by atoms with Crippen LogP contribution in [0.1, 0.15) is 23.6 Å². The number of benzene rings is 2. The Morgan fingerprint density at radius 2 is 1.75 bits per heavy atom. The zero-order valence-electron chi connectivity index (χ0n) is 17.5. The first-order valence-electron chi connectivity index (χ1n) is 10.6. The third-order valence-corrected chi connectivity index (χ3v) is 6.73. The summed E-state index contributed by atoms with van der Waals surface area (Å²) in [6.45, 7) is 4.64. The van der Waals surface area contributed by atoms with E-state index in [2.05, 4.69) is 15.9 Å². The Morgan fingerprint density at radius 1 is 1.09 bits per heavy atom. The number of halogens is 2. The average Bonchev–Trinajstić information content (AvgIpc) is 3.05. The molecule has 2 aromatic rings. The van der Waals surface area contributed by atoms with E-state index in [1.807, 2.05) is 0 Å². The molecule has 1 amide bonds. The van der Waals surface area contributed by atoms with Gasteiger partial charge in [0, 0.05) is 28.0 Å². The Bertz CT molecular complexity index is 1020. The minimum atomic E-state index is -0.725. The van der Waals surface area contributed by atoms with E-state index in [4.69, 9.17) is 16.3 Å². The summed E-state index contributed by atoms with van der Waals surface area (Å²) < 4.78 is 6.23. The fourth-order valence-corrected chi connectivity index (χ4v) is 4.65. The number of carbonyl (C=O) groups excluding carboxylic acids is 2. The molecule has 0 radical (unpaired) electrons. The summed E-state index contributed by atoms with van der Waals surface area (Å²) in [5.41, 5.74) is 1.08. The van der Waals surface area contributed by atoms with Gasteiger partial charge in [-0.1, -0.05) is 57.6 Å². The zero-order chi connectivity index (χ0) is 22.7. The normalized spacial score (nSPS) is 21.3. The molecule has 8 heteroatoms. The number of nitrogens with zero attached hydrogens (tertiary/aromatic N) is 1. The molecule has 6 nitrogen and oxygen atoms in total. The topological polar surface area (TPSA) is 74.1 Å². The van der Waals surface area contributed by atoms with Crippen LogP contribution in [0.2, 0.25) is 5.02 Å². The van der Waals surface area contributed by atoms with Crippen LogP contribution in [0.3, 0.4) is 0 Å². The molecule has 1 unspecified atom stereocenters. The maximum Gasteiger partial charge on any atom is 0.295 e. The molecule has 0 aliphatic carbocycles. The Balaban J connectivity index is 1.66. The van der Waals surface area contributed by atoms with Gasteiger partial charge < -0.3 is 19.6 Å². The van der Waals surface area contributed by atoms with Gasteiger partial charge in [-0.3, -0.25) is 9.59 Å². The molecule has 2 heterocycles. The van der Waals surface area contributed by atoms with Crippen molar-refractivity contribution in [3.05, 3.63) is 74.7 Å². The molecule has 0 spiro atoms. The van der Waals surface area contributed by atoms with E-state index in [1.54, 1.807) is 48.5 Å². The number of Topliss-reactive ketones (excluding diaryl/α,β-unsaturated/α-hetero) is 1. The van der Waals surface area contributed by atoms with Crippen molar-refractivity contribution < 1.29 is 24.3 Å². The number of morpholine rings is 1. The van der Waals surface area contributed by atoms with Gasteiger partial charge in [0.1, 0.15) is 13.1 Å². The van der Waals surface area contributed by atoms with Crippen molar-refractivity contribution in [3.63, 3.8) is 0 Å². The number of nitrogens with one attached hydrogen (secondary N) is 1. The number of ether oxygens (including phenoxy) is 1. The number of hydrogen-bond donors (Lipinski definition) is 1. The number of rotatable bonds is 6. The molecular formula is C24H24BrClN2O4. The van der Waals surface area contributed by atoms with Gasteiger partial charge in [-0.15, -0.1) is 0 Å². The second kappa shape index (κ2) is 10.2. The summed E-state index contributed by atoms with van der Waals surface area (Å²) in [6, 6.07) is 13.0. The van der Waals surface area contributed by atoms with Crippen LogP contribution in [-0.4, -0.2) is 56.0 Å². The average molecular weight is 520 g/mol. The van der Waals surface area contributed by atoms with E-state index < -0.39 is 23.5 Å². The minimum absolute atomic E-state index is 0.00151. The second-order valence-electron chi connectivity index (χ2n) is 8.00. The fraction of sp³-hybridized carbons (Fsp3) is 0.333. The van der Waals surface area contributed by atoms with Gasteiger partial charge in [0.15, 0.2) is 0 Å². The number of quaternary nitrogens is 1. The van der Waals surface area contributed by atoms with Crippen molar-refractivity contribution in [2.45, 2.75) is 12.5 Å². The van der Waals surface area contributed by atoms with Crippen LogP contribution in [0.4, 0.5) is 0 Å². The molecule has 0 aromatic heterocycles. The molecule has 0 bridgehead atoms. The maximum atomic E-state index is 13.3. The maximum absolute atomic E-state index is 13.3. The van der Waals surface area contributed by atoms with Gasteiger partial charge in [0.2, 0.25) is 5.78 Å². The molecule has 2 aromatic carbocycles. The summed E-state index contributed by atoms with van der Waals surface area (Å²) in [5, 5.41) is 13.9. The van der Waals surface area contributed by atoms with Crippen molar-refractivity contribution in [1.29, 1.82) is 0 Å². The van der Waals surface area contributed by atoms with Crippen LogP contribution in [0, 0.1) is 0 Å². The van der Waals surface area contributed by atoms with Gasteiger partial charge in [-0.05, 0) is 35.4 Å². The van der Waals surface area contributed by atoms with E-state index in [-0.39, 0.29) is 5.57 Å². The lowest BCUT2D eigenvalue weighted by molar-refractivity contribution is -0.908. The van der Waals surface area contributed by atoms with Crippen LogP contribution >= 0.6 is 27.5 Å². The van der Waals surface area contributed by atoms with Crippen LogP contribution in [0.15, 0.2) is 58.6 Å². The first-order valence-corrected chi connectivity index (χ1v) is 11.8.